The number of hydrogen-bond acceptors (Lipinski definition) is 3. The van der Waals surface area contributed by atoms with E-state index in [1.54, 1.807) is 0 Å². The SMILES string of the molecule is CC[C@@H](O)c1ccccc1N1CCCC(CCO)C1. The van der Waals surface area contributed by atoms with Crippen LogP contribution in [0.1, 0.15) is 44.3 Å². The van der Waals surface area contributed by atoms with E-state index in [2.05, 4.69) is 11.0 Å². The molecule has 3 nitrogen and oxygen atoms in total. The summed E-state index contributed by atoms with van der Waals surface area (Å²) in [5, 5.41) is 19.2. The van der Waals surface area contributed by atoms with E-state index >= 15 is 0 Å². The average Bonchev–Trinajstić information content (AvgIpc) is 2.47. The van der Waals surface area contributed by atoms with Gasteiger partial charge < -0.3 is 15.1 Å². The first kappa shape index (κ1) is 14.4. The number of hydrogen-bond donors (Lipinski definition) is 2. The number of aliphatic hydroxyl groups is 2. The van der Waals surface area contributed by atoms with Gasteiger partial charge in [0.2, 0.25) is 0 Å². The molecule has 0 aromatic heterocycles. The van der Waals surface area contributed by atoms with Gasteiger partial charge in [-0.25, -0.2) is 0 Å². The Hall–Kier alpha value is -1.06. The number of piperidine rings is 1. The average molecular weight is 263 g/mol. The van der Waals surface area contributed by atoms with Crippen LogP contribution >= 0.6 is 0 Å². The zero-order valence-electron chi connectivity index (χ0n) is 11.8. The van der Waals surface area contributed by atoms with Crippen molar-refractivity contribution in [1.29, 1.82) is 0 Å². The van der Waals surface area contributed by atoms with Crippen LogP contribution in [0.25, 0.3) is 0 Å². The summed E-state index contributed by atoms with van der Waals surface area (Å²) in [6.45, 7) is 4.33. The predicted molar refractivity (Wildman–Crippen MR) is 78.3 cm³/mol. The summed E-state index contributed by atoms with van der Waals surface area (Å²) in [5.74, 6) is 0.575. The highest BCUT2D eigenvalue weighted by molar-refractivity contribution is 5.55. The number of rotatable bonds is 5. The largest absolute Gasteiger partial charge is 0.396 e. The van der Waals surface area contributed by atoms with Gasteiger partial charge in [0.15, 0.2) is 0 Å². The molecule has 1 heterocycles. The van der Waals surface area contributed by atoms with Crippen molar-refractivity contribution in [2.45, 2.75) is 38.7 Å². The summed E-state index contributed by atoms with van der Waals surface area (Å²) in [7, 11) is 0. The van der Waals surface area contributed by atoms with E-state index in [1.165, 1.54) is 18.5 Å². The second-order valence-corrected chi connectivity index (χ2v) is 5.45. The van der Waals surface area contributed by atoms with E-state index in [1.807, 2.05) is 25.1 Å². The summed E-state index contributed by atoms with van der Waals surface area (Å²) >= 11 is 0. The van der Waals surface area contributed by atoms with E-state index in [0.29, 0.717) is 5.92 Å². The van der Waals surface area contributed by atoms with Crippen LogP contribution in [0.3, 0.4) is 0 Å². The van der Waals surface area contributed by atoms with Gasteiger partial charge in [-0.3, -0.25) is 0 Å². The highest BCUT2D eigenvalue weighted by atomic mass is 16.3. The van der Waals surface area contributed by atoms with Crippen LogP contribution < -0.4 is 4.90 Å². The third kappa shape index (κ3) is 3.48. The summed E-state index contributed by atoms with van der Waals surface area (Å²) < 4.78 is 0. The molecule has 1 aliphatic heterocycles. The molecule has 2 rings (SSSR count). The monoisotopic (exact) mass is 263 g/mol. The molecule has 1 aromatic rings. The highest BCUT2D eigenvalue weighted by Crippen LogP contribution is 2.31. The Labute approximate surface area is 115 Å². The standard InChI is InChI=1S/C16H25NO2/c1-2-16(19)14-7-3-4-8-15(14)17-10-5-6-13(12-17)9-11-18/h3-4,7-8,13,16,18-19H,2,5-6,9-12H2,1H3/t13?,16-/m1/s1. The molecule has 0 aliphatic carbocycles. The Morgan fingerprint density at radius 2 is 2.16 bits per heavy atom. The molecule has 1 aliphatic rings. The van der Waals surface area contributed by atoms with Gasteiger partial charge in [0.25, 0.3) is 0 Å². The van der Waals surface area contributed by atoms with E-state index in [9.17, 15) is 5.11 Å². The number of para-hydroxylation sites is 1. The fourth-order valence-corrected chi connectivity index (χ4v) is 2.98. The minimum absolute atomic E-state index is 0.276. The van der Waals surface area contributed by atoms with Gasteiger partial charge in [-0.05, 0) is 37.7 Å². The Balaban J connectivity index is 2.16. The van der Waals surface area contributed by atoms with Crippen molar-refractivity contribution in [3.8, 4) is 0 Å². The molecule has 19 heavy (non-hydrogen) atoms. The van der Waals surface area contributed by atoms with Crippen molar-refractivity contribution in [1.82, 2.24) is 0 Å². The topological polar surface area (TPSA) is 43.7 Å². The van der Waals surface area contributed by atoms with Crippen molar-refractivity contribution in [2.24, 2.45) is 5.92 Å². The van der Waals surface area contributed by atoms with Crippen molar-refractivity contribution in [3.63, 3.8) is 0 Å². The van der Waals surface area contributed by atoms with Crippen LogP contribution in [0.5, 0.6) is 0 Å². The summed E-state index contributed by atoms with van der Waals surface area (Å²) in [5.41, 5.74) is 2.20. The first-order chi connectivity index (χ1) is 9.26. The Kier molecular flexibility index (Phi) is 5.23. The quantitative estimate of drug-likeness (QED) is 0.858. The molecular formula is C16H25NO2. The maximum Gasteiger partial charge on any atom is 0.0807 e. The highest BCUT2D eigenvalue weighted by Gasteiger charge is 2.22. The maximum absolute atomic E-state index is 10.1. The molecule has 0 spiro atoms. The van der Waals surface area contributed by atoms with Crippen molar-refractivity contribution >= 4 is 5.69 Å². The number of nitrogens with zero attached hydrogens (tertiary/aromatic N) is 1. The minimum atomic E-state index is -0.380. The van der Waals surface area contributed by atoms with Crippen molar-refractivity contribution in [2.75, 3.05) is 24.6 Å². The molecule has 1 aromatic carbocycles. The van der Waals surface area contributed by atoms with Gasteiger partial charge >= 0.3 is 0 Å². The van der Waals surface area contributed by atoms with Gasteiger partial charge in [0, 0.05) is 30.9 Å². The molecule has 0 saturated carbocycles. The number of anilines is 1. The van der Waals surface area contributed by atoms with Crippen LogP contribution in [-0.2, 0) is 0 Å². The van der Waals surface area contributed by atoms with E-state index in [-0.39, 0.29) is 12.7 Å². The molecule has 1 saturated heterocycles. The lowest BCUT2D eigenvalue weighted by Gasteiger charge is -2.36. The molecular weight excluding hydrogens is 238 g/mol. The summed E-state index contributed by atoms with van der Waals surface area (Å²) in [6, 6.07) is 8.17. The van der Waals surface area contributed by atoms with Crippen LogP contribution in [0.4, 0.5) is 5.69 Å². The normalized spacial score (nSPS) is 21.4. The molecule has 2 atom stereocenters. The van der Waals surface area contributed by atoms with Crippen molar-refractivity contribution in [3.05, 3.63) is 29.8 Å². The van der Waals surface area contributed by atoms with E-state index in [0.717, 1.165) is 31.5 Å². The van der Waals surface area contributed by atoms with Gasteiger partial charge in [0.1, 0.15) is 0 Å². The molecule has 0 bridgehead atoms. The number of aliphatic hydroxyl groups excluding tert-OH is 2. The van der Waals surface area contributed by atoms with Crippen molar-refractivity contribution < 1.29 is 10.2 Å². The smallest absolute Gasteiger partial charge is 0.0807 e. The van der Waals surface area contributed by atoms with E-state index < -0.39 is 0 Å². The van der Waals surface area contributed by atoms with Crippen LogP contribution in [-0.4, -0.2) is 29.9 Å². The van der Waals surface area contributed by atoms with Crippen LogP contribution in [0, 0.1) is 5.92 Å². The first-order valence-corrected chi connectivity index (χ1v) is 7.39. The molecule has 106 valence electrons. The first-order valence-electron chi connectivity index (χ1n) is 7.39. The lowest BCUT2D eigenvalue weighted by Crippen LogP contribution is -2.36. The third-order valence-electron chi connectivity index (χ3n) is 4.08. The van der Waals surface area contributed by atoms with Crippen LogP contribution in [0.15, 0.2) is 24.3 Å². The van der Waals surface area contributed by atoms with Crippen LogP contribution in [0.2, 0.25) is 0 Å². The Morgan fingerprint density at radius 3 is 2.89 bits per heavy atom. The van der Waals surface area contributed by atoms with E-state index in [4.69, 9.17) is 5.11 Å². The fourth-order valence-electron chi connectivity index (χ4n) is 2.98. The molecule has 3 heteroatoms. The second kappa shape index (κ2) is 6.92. The predicted octanol–water partition coefficient (Wildman–Crippen LogP) is 2.73. The maximum atomic E-state index is 10.1. The zero-order valence-corrected chi connectivity index (χ0v) is 11.8. The third-order valence-corrected chi connectivity index (χ3v) is 4.08. The minimum Gasteiger partial charge on any atom is -0.396 e. The Bertz CT molecular complexity index is 392. The number of benzene rings is 1. The van der Waals surface area contributed by atoms with Gasteiger partial charge in [-0.2, -0.15) is 0 Å². The Morgan fingerprint density at radius 1 is 1.37 bits per heavy atom. The van der Waals surface area contributed by atoms with Gasteiger partial charge in [0.05, 0.1) is 6.10 Å². The molecule has 0 radical (unpaired) electrons. The molecule has 1 fully saturated rings. The second-order valence-electron chi connectivity index (χ2n) is 5.45. The molecule has 1 unspecified atom stereocenters. The zero-order chi connectivity index (χ0) is 13.7. The summed E-state index contributed by atoms with van der Waals surface area (Å²) in [4.78, 5) is 2.37. The van der Waals surface area contributed by atoms with Gasteiger partial charge in [-0.1, -0.05) is 25.1 Å². The molecule has 2 N–H and O–H groups in total. The van der Waals surface area contributed by atoms with Gasteiger partial charge in [-0.15, -0.1) is 0 Å². The molecule has 0 amide bonds. The fraction of sp³-hybridized carbons (Fsp3) is 0.625. The summed E-state index contributed by atoms with van der Waals surface area (Å²) in [6.07, 6.45) is 3.62. The lowest BCUT2D eigenvalue weighted by molar-refractivity contribution is 0.173. The lowest BCUT2D eigenvalue weighted by atomic mass is 9.93.